The van der Waals surface area contributed by atoms with Crippen LogP contribution in [0.4, 0.5) is 0 Å². The first-order valence-corrected chi connectivity index (χ1v) is 14.8. The number of carbonyl (C=O) groups excluding carboxylic acids is 3. The number of nitrogens with one attached hydrogen (secondary N) is 2. The van der Waals surface area contributed by atoms with Gasteiger partial charge in [-0.25, -0.2) is 0 Å². The summed E-state index contributed by atoms with van der Waals surface area (Å²) in [6.45, 7) is 9.96. The minimum absolute atomic E-state index is 0.0244. The highest BCUT2D eigenvalue weighted by Gasteiger charge is 2.75. The lowest BCUT2D eigenvalue weighted by Crippen LogP contribution is -2.57. The molecule has 10 heteroatoms. The summed E-state index contributed by atoms with van der Waals surface area (Å²) in [6, 6.07) is -0.550. The molecule has 1 spiro atoms. The van der Waals surface area contributed by atoms with E-state index in [9.17, 15) is 14.4 Å². The minimum atomic E-state index is -0.551. The van der Waals surface area contributed by atoms with Crippen LogP contribution in [0.2, 0.25) is 0 Å². The summed E-state index contributed by atoms with van der Waals surface area (Å²) in [5, 5.41) is 15.4. The molecule has 0 aromatic rings. The van der Waals surface area contributed by atoms with Gasteiger partial charge < -0.3 is 25.4 Å². The molecule has 36 heavy (non-hydrogen) atoms. The Hall–Kier alpha value is -1.36. The van der Waals surface area contributed by atoms with Crippen LogP contribution in [0.25, 0.3) is 0 Å². The lowest BCUT2D eigenvalue weighted by Gasteiger charge is -2.38. The SMILES string of the molecule is CCCNC(=O)[C@@H]1[C@H]2C(=O)N(CCCCCCO)C(C(=O)NCCN3CCOCC3)C23S[C@@H]1CC3C. The monoisotopic (exact) mass is 524 g/mol. The average molecular weight is 525 g/mol. The van der Waals surface area contributed by atoms with Crippen LogP contribution in [0.15, 0.2) is 0 Å². The molecule has 0 aromatic heterocycles. The largest absolute Gasteiger partial charge is 0.396 e. The van der Waals surface area contributed by atoms with E-state index in [-0.39, 0.29) is 41.4 Å². The molecule has 4 fully saturated rings. The van der Waals surface area contributed by atoms with Crippen LogP contribution < -0.4 is 10.6 Å². The van der Waals surface area contributed by atoms with Crippen molar-refractivity contribution >= 4 is 29.5 Å². The van der Waals surface area contributed by atoms with E-state index < -0.39 is 16.7 Å². The van der Waals surface area contributed by atoms with Crippen molar-refractivity contribution in [3.8, 4) is 0 Å². The predicted molar refractivity (Wildman–Crippen MR) is 139 cm³/mol. The van der Waals surface area contributed by atoms with Crippen LogP contribution in [0, 0.1) is 17.8 Å². The summed E-state index contributed by atoms with van der Waals surface area (Å²) >= 11 is 1.74. The second-order valence-electron chi connectivity index (χ2n) is 10.8. The molecule has 4 aliphatic heterocycles. The van der Waals surface area contributed by atoms with Gasteiger partial charge in [0.2, 0.25) is 17.7 Å². The van der Waals surface area contributed by atoms with Gasteiger partial charge in [-0.15, -0.1) is 11.8 Å². The molecule has 0 aliphatic carbocycles. The Labute approximate surface area is 219 Å². The Morgan fingerprint density at radius 1 is 1.08 bits per heavy atom. The molecular weight excluding hydrogens is 480 g/mol. The quantitative estimate of drug-likeness (QED) is 0.306. The summed E-state index contributed by atoms with van der Waals surface area (Å²) in [7, 11) is 0. The molecule has 4 saturated heterocycles. The first-order valence-electron chi connectivity index (χ1n) is 13.9. The van der Waals surface area contributed by atoms with E-state index in [1.54, 1.807) is 16.7 Å². The van der Waals surface area contributed by atoms with E-state index in [4.69, 9.17) is 9.84 Å². The van der Waals surface area contributed by atoms with Crippen LogP contribution in [0.3, 0.4) is 0 Å². The van der Waals surface area contributed by atoms with Crippen molar-refractivity contribution in [3.63, 3.8) is 0 Å². The van der Waals surface area contributed by atoms with E-state index in [1.807, 2.05) is 6.92 Å². The van der Waals surface area contributed by atoms with Crippen LogP contribution >= 0.6 is 11.8 Å². The summed E-state index contributed by atoms with van der Waals surface area (Å²) in [6.07, 6.45) is 5.06. The maximum atomic E-state index is 14.0. The van der Waals surface area contributed by atoms with Crippen molar-refractivity contribution in [2.24, 2.45) is 17.8 Å². The zero-order valence-electron chi connectivity index (χ0n) is 21.9. The third-order valence-electron chi connectivity index (χ3n) is 8.48. The Kier molecular flexibility index (Phi) is 9.57. The number of aliphatic hydroxyl groups excluding tert-OH is 1. The van der Waals surface area contributed by atoms with Gasteiger partial charge in [-0.2, -0.15) is 0 Å². The number of morpholine rings is 1. The number of nitrogens with zero attached hydrogens (tertiary/aromatic N) is 2. The second-order valence-corrected chi connectivity index (χ2v) is 12.3. The van der Waals surface area contributed by atoms with Crippen LogP contribution in [0.1, 0.15) is 52.4 Å². The van der Waals surface area contributed by atoms with Crippen molar-refractivity contribution in [2.75, 3.05) is 59.1 Å². The maximum Gasteiger partial charge on any atom is 0.244 e. The van der Waals surface area contributed by atoms with Crippen molar-refractivity contribution in [3.05, 3.63) is 0 Å². The van der Waals surface area contributed by atoms with Crippen molar-refractivity contribution in [1.29, 1.82) is 0 Å². The molecule has 4 rings (SSSR count). The fraction of sp³-hybridized carbons (Fsp3) is 0.885. The Morgan fingerprint density at radius 3 is 2.53 bits per heavy atom. The summed E-state index contributed by atoms with van der Waals surface area (Å²) in [5.74, 6) is -0.759. The molecule has 9 nitrogen and oxygen atoms in total. The number of likely N-dealkylation sites (tertiary alicyclic amines) is 1. The first kappa shape index (κ1) is 27.7. The fourth-order valence-corrected chi connectivity index (χ4v) is 9.15. The number of hydrogen-bond donors (Lipinski definition) is 3. The van der Waals surface area contributed by atoms with Gasteiger partial charge in [0.1, 0.15) is 6.04 Å². The Bertz CT molecular complexity index is 794. The normalized spacial score (nSPS) is 33.7. The molecule has 0 radical (unpaired) electrons. The molecule has 204 valence electrons. The number of carbonyl (C=O) groups is 3. The van der Waals surface area contributed by atoms with Gasteiger partial charge in [-0.1, -0.05) is 26.7 Å². The predicted octanol–water partition coefficient (Wildman–Crippen LogP) is 0.851. The van der Waals surface area contributed by atoms with Gasteiger partial charge in [-0.3, -0.25) is 19.3 Å². The van der Waals surface area contributed by atoms with Crippen molar-refractivity contribution in [2.45, 2.75) is 68.4 Å². The Balaban J connectivity index is 1.52. The molecule has 2 bridgehead atoms. The van der Waals surface area contributed by atoms with Crippen LogP contribution in [-0.4, -0.2) is 108 Å². The fourth-order valence-electron chi connectivity index (χ4n) is 6.73. The van der Waals surface area contributed by atoms with Crippen LogP contribution in [0.5, 0.6) is 0 Å². The van der Waals surface area contributed by atoms with Crippen molar-refractivity contribution < 1.29 is 24.2 Å². The zero-order valence-corrected chi connectivity index (χ0v) is 22.7. The number of hydrogen-bond acceptors (Lipinski definition) is 7. The molecule has 6 atom stereocenters. The molecule has 3 amide bonds. The summed E-state index contributed by atoms with van der Waals surface area (Å²) in [4.78, 5) is 45.1. The topological polar surface area (TPSA) is 111 Å². The highest BCUT2D eigenvalue weighted by molar-refractivity contribution is 8.02. The Morgan fingerprint density at radius 2 is 1.81 bits per heavy atom. The number of ether oxygens (including phenoxy) is 1. The van der Waals surface area contributed by atoms with E-state index >= 15 is 0 Å². The van der Waals surface area contributed by atoms with Gasteiger partial charge in [0.05, 0.1) is 29.8 Å². The minimum Gasteiger partial charge on any atom is -0.396 e. The van der Waals surface area contributed by atoms with Gasteiger partial charge in [0.25, 0.3) is 0 Å². The first-order chi connectivity index (χ1) is 17.5. The van der Waals surface area contributed by atoms with Gasteiger partial charge >= 0.3 is 0 Å². The van der Waals surface area contributed by atoms with Gasteiger partial charge in [0.15, 0.2) is 0 Å². The molecular formula is C26H44N4O5S. The molecule has 3 unspecified atom stereocenters. The summed E-state index contributed by atoms with van der Waals surface area (Å²) in [5.41, 5.74) is 0. The van der Waals surface area contributed by atoms with Crippen molar-refractivity contribution in [1.82, 2.24) is 20.4 Å². The number of fused-ring (bicyclic) bond motifs is 1. The number of aliphatic hydroxyl groups is 1. The number of thioether (sulfide) groups is 1. The van der Waals surface area contributed by atoms with E-state index in [2.05, 4.69) is 22.5 Å². The molecule has 4 heterocycles. The molecule has 0 saturated carbocycles. The molecule has 4 aliphatic rings. The highest BCUT2D eigenvalue weighted by atomic mass is 32.2. The summed E-state index contributed by atoms with van der Waals surface area (Å²) < 4.78 is 4.87. The molecule has 0 aromatic carbocycles. The van der Waals surface area contributed by atoms with Gasteiger partial charge in [0, 0.05) is 51.1 Å². The number of amides is 3. The lowest BCUT2D eigenvalue weighted by atomic mass is 9.66. The van der Waals surface area contributed by atoms with E-state index in [1.165, 1.54) is 0 Å². The third-order valence-corrected chi connectivity index (χ3v) is 10.6. The maximum absolute atomic E-state index is 14.0. The standard InChI is InChI=1S/C26H44N4O5S/c1-3-8-27-23(32)20-19-17-18(2)26(36-19)21(20)25(34)30(10-6-4-5-7-14-31)22(26)24(33)28-9-11-29-12-15-35-16-13-29/h18-22,31H,3-17H2,1-2H3,(H,27,32)(H,28,33)/t18?,19-,20+,21+,22?,26?/m1/s1. The zero-order chi connectivity index (χ0) is 25.7. The van der Waals surface area contributed by atoms with Crippen LogP contribution in [-0.2, 0) is 19.1 Å². The van der Waals surface area contributed by atoms with E-state index in [0.717, 1.165) is 71.4 Å². The number of unbranched alkanes of at least 4 members (excludes halogenated alkanes) is 3. The average Bonchev–Trinajstić information content (AvgIpc) is 3.46. The second kappa shape index (κ2) is 12.5. The lowest BCUT2D eigenvalue weighted by molar-refractivity contribution is -0.140. The highest BCUT2D eigenvalue weighted by Crippen LogP contribution is 2.68. The van der Waals surface area contributed by atoms with Gasteiger partial charge in [-0.05, 0) is 31.6 Å². The third kappa shape index (κ3) is 5.28. The number of rotatable bonds is 13. The smallest absolute Gasteiger partial charge is 0.244 e. The van der Waals surface area contributed by atoms with E-state index in [0.29, 0.717) is 19.6 Å². The molecule has 3 N–H and O–H groups in total.